The Morgan fingerprint density at radius 2 is 1.48 bits per heavy atom. The Labute approximate surface area is 174 Å². The molecule has 0 aromatic heterocycles. The standard InChI is InChI=1S/C19H22N2O2S.H2O4S/c1-3-21(4-2)17-12-10-16(11-13-17)20-18(22)14-24-19(23)15-8-6-5-7-9-15;1-5(2,3)4/h5-13H,3-4,14H2,1-2H3,(H,20,22);(H2,1,2,3,4). The average molecular weight is 441 g/mol. The Morgan fingerprint density at radius 3 is 1.97 bits per heavy atom. The minimum Gasteiger partial charge on any atom is -0.372 e. The summed E-state index contributed by atoms with van der Waals surface area (Å²) in [5, 5.41) is 2.73. The fourth-order valence-corrected chi connectivity index (χ4v) is 2.97. The van der Waals surface area contributed by atoms with Gasteiger partial charge in [-0.1, -0.05) is 42.1 Å². The summed E-state index contributed by atoms with van der Waals surface area (Å²) < 4.78 is 31.6. The molecule has 2 aromatic rings. The van der Waals surface area contributed by atoms with E-state index in [2.05, 4.69) is 24.1 Å². The van der Waals surface area contributed by atoms with Crippen molar-refractivity contribution in [3.05, 3.63) is 60.2 Å². The molecule has 0 saturated carbocycles. The first-order valence-corrected chi connectivity index (χ1v) is 11.1. The summed E-state index contributed by atoms with van der Waals surface area (Å²) in [6.45, 7) is 6.11. The van der Waals surface area contributed by atoms with Crippen molar-refractivity contribution < 1.29 is 27.1 Å². The molecule has 0 saturated heterocycles. The fraction of sp³-hybridized carbons (Fsp3) is 0.263. The molecule has 10 heteroatoms. The molecule has 0 aliphatic rings. The molecule has 2 rings (SSSR count). The van der Waals surface area contributed by atoms with Crippen LogP contribution in [-0.2, 0) is 15.2 Å². The third-order valence-electron chi connectivity index (χ3n) is 3.62. The zero-order valence-corrected chi connectivity index (χ0v) is 17.7. The highest BCUT2D eigenvalue weighted by molar-refractivity contribution is 8.14. The van der Waals surface area contributed by atoms with Crippen molar-refractivity contribution in [2.45, 2.75) is 13.8 Å². The summed E-state index contributed by atoms with van der Waals surface area (Å²) in [5.74, 6) is -0.0780. The van der Waals surface area contributed by atoms with Crippen molar-refractivity contribution in [1.29, 1.82) is 0 Å². The van der Waals surface area contributed by atoms with Crippen LogP contribution in [0, 0.1) is 0 Å². The van der Waals surface area contributed by atoms with Gasteiger partial charge in [-0.05, 0) is 38.1 Å². The van der Waals surface area contributed by atoms with Crippen LogP contribution in [0.4, 0.5) is 11.4 Å². The Hall–Kier alpha value is -2.40. The molecule has 29 heavy (non-hydrogen) atoms. The number of thioether (sulfide) groups is 1. The topological polar surface area (TPSA) is 124 Å². The maximum Gasteiger partial charge on any atom is 0.394 e. The lowest BCUT2D eigenvalue weighted by Crippen LogP contribution is -2.21. The van der Waals surface area contributed by atoms with E-state index in [1.165, 1.54) is 0 Å². The van der Waals surface area contributed by atoms with Crippen molar-refractivity contribution in [2.24, 2.45) is 0 Å². The molecular weight excluding hydrogens is 416 g/mol. The first-order valence-electron chi connectivity index (χ1n) is 8.71. The number of rotatable bonds is 7. The second-order valence-electron chi connectivity index (χ2n) is 5.66. The molecule has 0 aliphatic carbocycles. The zero-order valence-electron chi connectivity index (χ0n) is 16.1. The highest BCUT2D eigenvalue weighted by Gasteiger charge is 2.10. The monoisotopic (exact) mass is 440 g/mol. The van der Waals surface area contributed by atoms with Crippen LogP contribution < -0.4 is 10.2 Å². The molecule has 3 N–H and O–H groups in total. The second-order valence-corrected chi connectivity index (χ2v) is 7.50. The van der Waals surface area contributed by atoms with E-state index < -0.39 is 10.4 Å². The van der Waals surface area contributed by atoms with Gasteiger partial charge in [0.2, 0.25) is 11.0 Å². The van der Waals surface area contributed by atoms with E-state index in [-0.39, 0.29) is 16.8 Å². The van der Waals surface area contributed by atoms with E-state index in [0.717, 1.165) is 36.2 Å². The van der Waals surface area contributed by atoms with Crippen LogP contribution in [0.5, 0.6) is 0 Å². The van der Waals surface area contributed by atoms with Crippen LogP contribution >= 0.6 is 11.8 Å². The number of benzene rings is 2. The largest absolute Gasteiger partial charge is 0.394 e. The van der Waals surface area contributed by atoms with Crippen molar-refractivity contribution in [1.82, 2.24) is 0 Å². The summed E-state index contributed by atoms with van der Waals surface area (Å²) in [7, 11) is -4.67. The first kappa shape index (κ1) is 24.6. The summed E-state index contributed by atoms with van der Waals surface area (Å²) in [4.78, 5) is 26.2. The van der Waals surface area contributed by atoms with Gasteiger partial charge in [-0.2, -0.15) is 8.42 Å². The number of hydrogen-bond acceptors (Lipinski definition) is 6. The van der Waals surface area contributed by atoms with Gasteiger partial charge in [0.25, 0.3) is 0 Å². The number of hydrogen-bond donors (Lipinski definition) is 3. The molecule has 2 aromatic carbocycles. The van der Waals surface area contributed by atoms with Crippen molar-refractivity contribution in [3.8, 4) is 0 Å². The molecule has 158 valence electrons. The highest BCUT2D eigenvalue weighted by atomic mass is 32.3. The predicted molar refractivity (Wildman–Crippen MR) is 116 cm³/mol. The number of anilines is 2. The van der Waals surface area contributed by atoms with Crippen LogP contribution in [0.1, 0.15) is 24.2 Å². The smallest absolute Gasteiger partial charge is 0.372 e. The van der Waals surface area contributed by atoms with Crippen molar-refractivity contribution in [2.75, 3.05) is 29.1 Å². The maximum absolute atomic E-state index is 12.0. The lowest BCUT2D eigenvalue weighted by molar-refractivity contribution is -0.113. The molecule has 0 aliphatic heterocycles. The minimum atomic E-state index is -4.67. The zero-order chi connectivity index (χ0) is 21.9. The third-order valence-corrected chi connectivity index (χ3v) is 4.53. The van der Waals surface area contributed by atoms with Crippen molar-refractivity contribution in [3.63, 3.8) is 0 Å². The number of carbonyl (C=O) groups excluding carboxylic acids is 2. The van der Waals surface area contributed by atoms with Crippen LogP contribution in [0.25, 0.3) is 0 Å². The maximum atomic E-state index is 12.0. The van der Waals surface area contributed by atoms with Gasteiger partial charge in [-0.3, -0.25) is 18.7 Å². The molecule has 0 radical (unpaired) electrons. The molecule has 0 atom stereocenters. The molecule has 0 fully saturated rings. The average Bonchev–Trinajstić information content (AvgIpc) is 2.68. The summed E-state index contributed by atoms with van der Waals surface area (Å²) in [5.41, 5.74) is 2.48. The summed E-state index contributed by atoms with van der Waals surface area (Å²) >= 11 is 1.01. The minimum absolute atomic E-state index is 0.0948. The third kappa shape index (κ3) is 10.6. The van der Waals surface area contributed by atoms with Crippen LogP contribution in [0.15, 0.2) is 54.6 Å². The molecule has 0 unspecified atom stereocenters. The van der Waals surface area contributed by atoms with Gasteiger partial charge in [-0.25, -0.2) is 0 Å². The Morgan fingerprint density at radius 1 is 0.966 bits per heavy atom. The van der Waals surface area contributed by atoms with E-state index in [9.17, 15) is 9.59 Å². The lowest BCUT2D eigenvalue weighted by Gasteiger charge is -2.21. The van der Waals surface area contributed by atoms with Gasteiger partial charge in [-0.15, -0.1) is 0 Å². The van der Waals surface area contributed by atoms with Gasteiger partial charge in [0.15, 0.2) is 0 Å². The number of nitrogens with one attached hydrogen (secondary N) is 1. The molecular formula is C19H24N2O6S2. The molecule has 8 nitrogen and oxygen atoms in total. The number of nitrogens with zero attached hydrogens (tertiary/aromatic N) is 1. The molecule has 1 amide bonds. The Balaban J connectivity index is 0.000000749. The SMILES string of the molecule is CCN(CC)c1ccc(NC(=O)CSC(=O)c2ccccc2)cc1.O=S(=O)(O)O. The molecule has 0 heterocycles. The fourth-order valence-electron chi connectivity index (χ4n) is 2.33. The Kier molecular flexibility index (Phi) is 10.4. The van der Waals surface area contributed by atoms with Gasteiger partial charge in [0.05, 0.1) is 5.75 Å². The normalized spacial score (nSPS) is 10.5. The van der Waals surface area contributed by atoms with E-state index in [4.69, 9.17) is 17.5 Å². The van der Waals surface area contributed by atoms with Gasteiger partial charge in [0.1, 0.15) is 0 Å². The van der Waals surface area contributed by atoms with E-state index >= 15 is 0 Å². The van der Waals surface area contributed by atoms with E-state index in [1.807, 2.05) is 42.5 Å². The predicted octanol–water partition coefficient (Wildman–Crippen LogP) is 3.39. The number of carbonyl (C=O) groups is 2. The van der Waals surface area contributed by atoms with Crippen LogP contribution in [0.2, 0.25) is 0 Å². The van der Waals surface area contributed by atoms with E-state index in [0.29, 0.717) is 5.56 Å². The number of amides is 1. The quantitative estimate of drug-likeness (QED) is 0.560. The van der Waals surface area contributed by atoms with Gasteiger partial charge >= 0.3 is 10.4 Å². The van der Waals surface area contributed by atoms with E-state index in [1.54, 1.807) is 12.1 Å². The molecule has 0 spiro atoms. The lowest BCUT2D eigenvalue weighted by atomic mass is 10.2. The Bertz CT molecular complexity index is 875. The second kappa shape index (κ2) is 12.2. The van der Waals surface area contributed by atoms with Crippen molar-refractivity contribution >= 4 is 44.6 Å². The first-order chi connectivity index (χ1) is 13.6. The highest BCUT2D eigenvalue weighted by Crippen LogP contribution is 2.18. The summed E-state index contributed by atoms with van der Waals surface area (Å²) in [6.07, 6.45) is 0. The van der Waals surface area contributed by atoms with Gasteiger partial charge in [0, 0.05) is 30.0 Å². The van der Waals surface area contributed by atoms with Gasteiger partial charge < -0.3 is 10.2 Å². The van der Waals surface area contributed by atoms with Crippen LogP contribution in [-0.4, -0.2) is 47.4 Å². The summed E-state index contributed by atoms with van der Waals surface area (Å²) in [6, 6.07) is 16.7. The van der Waals surface area contributed by atoms with Crippen LogP contribution in [0.3, 0.4) is 0 Å². The molecule has 0 bridgehead atoms.